The van der Waals surface area contributed by atoms with E-state index >= 15 is 0 Å². The molecule has 2 amide bonds. The van der Waals surface area contributed by atoms with Gasteiger partial charge in [-0.25, -0.2) is 0 Å². The van der Waals surface area contributed by atoms with Crippen LogP contribution in [0.3, 0.4) is 0 Å². The third-order valence-electron chi connectivity index (χ3n) is 5.41. The molecule has 26 heavy (non-hydrogen) atoms. The first-order valence-corrected chi connectivity index (χ1v) is 10.8. The molecule has 0 radical (unpaired) electrons. The fraction of sp³-hybridized carbons (Fsp3) is 0.700. The van der Waals surface area contributed by atoms with Gasteiger partial charge in [0.05, 0.1) is 11.0 Å². The van der Waals surface area contributed by atoms with Gasteiger partial charge >= 0.3 is 0 Å². The Morgan fingerprint density at radius 2 is 1.92 bits per heavy atom. The van der Waals surface area contributed by atoms with E-state index in [1.54, 1.807) is 0 Å². The Bertz CT molecular complexity index is 562. The molecule has 144 valence electrons. The highest BCUT2D eigenvalue weighted by Gasteiger charge is 2.27. The second-order valence-electron chi connectivity index (χ2n) is 7.32. The number of hydrogen-bond donors (Lipinski definition) is 1. The number of nitrogens with one attached hydrogen (secondary N) is 1. The summed E-state index contributed by atoms with van der Waals surface area (Å²) >= 11 is 1.48. The molecule has 2 aliphatic rings. The molecule has 1 aromatic rings. The minimum absolute atomic E-state index is 0.0293. The lowest BCUT2D eigenvalue weighted by molar-refractivity contribution is -0.126. The molecule has 0 bridgehead atoms. The zero-order chi connectivity index (χ0) is 18.2. The highest BCUT2D eigenvalue weighted by molar-refractivity contribution is 7.12. The molecule has 2 fully saturated rings. The minimum atomic E-state index is 0.0293. The van der Waals surface area contributed by atoms with Crippen molar-refractivity contribution in [3.8, 4) is 0 Å². The first-order valence-electron chi connectivity index (χ1n) is 9.96. The predicted octanol–water partition coefficient (Wildman–Crippen LogP) is 3.46. The summed E-state index contributed by atoms with van der Waals surface area (Å²) in [5.41, 5.74) is 0. The van der Waals surface area contributed by atoms with E-state index in [0.717, 1.165) is 30.7 Å². The van der Waals surface area contributed by atoms with Crippen molar-refractivity contribution in [2.75, 3.05) is 26.2 Å². The predicted molar refractivity (Wildman–Crippen MR) is 103 cm³/mol. The monoisotopic (exact) mass is 378 g/mol. The van der Waals surface area contributed by atoms with Crippen molar-refractivity contribution in [3.05, 3.63) is 22.4 Å². The van der Waals surface area contributed by atoms with Gasteiger partial charge in [-0.15, -0.1) is 11.3 Å². The van der Waals surface area contributed by atoms with Crippen LogP contribution in [0.4, 0.5) is 0 Å². The van der Waals surface area contributed by atoms with Crippen molar-refractivity contribution in [1.29, 1.82) is 0 Å². The summed E-state index contributed by atoms with van der Waals surface area (Å²) in [5, 5.41) is 4.96. The van der Waals surface area contributed by atoms with Crippen LogP contribution in [0, 0.1) is 5.92 Å². The number of nitrogens with zero attached hydrogens (tertiary/aromatic N) is 1. The van der Waals surface area contributed by atoms with Gasteiger partial charge in [0, 0.05) is 32.2 Å². The van der Waals surface area contributed by atoms with E-state index in [1.807, 2.05) is 22.4 Å². The maximum atomic E-state index is 12.3. The van der Waals surface area contributed by atoms with Crippen LogP contribution in [0.15, 0.2) is 17.5 Å². The van der Waals surface area contributed by atoms with E-state index in [9.17, 15) is 9.59 Å². The minimum Gasteiger partial charge on any atom is -0.378 e. The summed E-state index contributed by atoms with van der Waals surface area (Å²) in [4.78, 5) is 27.3. The number of carbonyl (C=O) groups excluding carboxylic acids is 2. The lowest BCUT2D eigenvalue weighted by Gasteiger charge is -2.31. The largest absolute Gasteiger partial charge is 0.378 e. The van der Waals surface area contributed by atoms with Gasteiger partial charge in [-0.1, -0.05) is 25.3 Å². The van der Waals surface area contributed by atoms with Crippen LogP contribution in [0.5, 0.6) is 0 Å². The molecule has 1 aliphatic heterocycles. The summed E-state index contributed by atoms with van der Waals surface area (Å²) < 4.78 is 5.89. The summed E-state index contributed by atoms with van der Waals surface area (Å²) in [6, 6.07) is 3.76. The molecule has 0 unspecified atom stereocenters. The summed E-state index contributed by atoms with van der Waals surface area (Å²) in [6.45, 7) is 2.75. The highest BCUT2D eigenvalue weighted by Crippen LogP contribution is 2.21. The van der Waals surface area contributed by atoms with Crippen LogP contribution in [0.25, 0.3) is 0 Å². The van der Waals surface area contributed by atoms with Crippen LogP contribution in [0.2, 0.25) is 0 Å². The van der Waals surface area contributed by atoms with Crippen LogP contribution in [0.1, 0.15) is 61.0 Å². The van der Waals surface area contributed by atoms with Crippen molar-refractivity contribution in [1.82, 2.24) is 10.2 Å². The normalized spacial score (nSPS) is 19.5. The molecule has 1 N–H and O–H groups in total. The van der Waals surface area contributed by atoms with Crippen LogP contribution < -0.4 is 5.32 Å². The van der Waals surface area contributed by atoms with Gasteiger partial charge < -0.3 is 15.0 Å². The van der Waals surface area contributed by atoms with E-state index in [2.05, 4.69) is 5.32 Å². The second-order valence-corrected chi connectivity index (χ2v) is 8.27. The van der Waals surface area contributed by atoms with Crippen molar-refractivity contribution < 1.29 is 14.3 Å². The van der Waals surface area contributed by atoms with E-state index in [4.69, 9.17) is 4.74 Å². The Morgan fingerprint density at radius 1 is 1.15 bits per heavy atom. The average Bonchev–Trinajstić information content (AvgIpc) is 3.23. The Hall–Kier alpha value is -1.40. The number of hydrogen-bond acceptors (Lipinski definition) is 4. The maximum Gasteiger partial charge on any atom is 0.263 e. The Labute approximate surface area is 160 Å². The highest BCUT2D eigenvalue weighted by atomic mass is 32.1. The van der Waals surface area contributed by atoms with E-state index in [-0.39, 0.29) is 17.7 Å². The topological polar surface area (TPSA) is 58.6 Å². The van der Waals surface area contributed by atoms with Crippen molar-refractivity contribution in [2.24, 2.45) is 5.92 Å². The number of thiophene rings is 1. The molecular weight excluding hydrogens is 348 g/mol. The first-order chi connectivity index (χ1) is 12.7. The van der Waals surface area contributed by atoms with Crippen molar-refractivity contribution >= 4 is 23.2 Å². The average molecular weight is 379 g/mol. The van der Waals surface area contributed by atoms with Gasteiger partial charge in [0.2, 0.25) is 5.91 Å². The Morgan fingerprint density at radius 3 is 2.62 bits per heavy atom. The third kappa shape index (κ3) is 5.55. The second kappa shape index (κ2) is 10.1. The van der Waals surface area contributed by atoms with Crippen LogP contribution >= 0.6 is 11.3 Å². The lowest BCUT2D eigenvalue weighted by Crippen LogP contribution is -2.43. The van der Waals surface area contributed by atoms with Crippen LogP contribution in [-0.2, 0) is 9.53 Å². The van der Waals surface area contributed by atoms with Crippen LogP contribution in [-0.4, -0.2) is 49.1 Å². The van der Waals surface area contributed by atoms with Gasteiger partial charge in [-0.05, 0) is 43.6 Å². The first kappa shape index (κ1) is 19.4. The number of carbonyl (C=O) groups is 2. The molecule has 0 atom stereocenters. The molecule has 1 aromatic heterocycles. The van der Waals surface area contributed by atoms with Gasteiger partial charge in [0.25, 0.3) is 5.91 Å². The number of amides is 2. The molecular formula is C20H30N2O3S. The van der Waals surface area contributed by atoms with Gasteiger partial charge in [-0.3, -0.25) is 9.59 Å². The van der Waals surface area contributed by atoms with Gasteiger partial charge in [0.1, 0.15) is 0 Å². The Kier molecular flexibility index (Phi) is 7.50. The third-order valence-corrected chi connectivity index (χ3v) is 6.27. The number of rotatable bonds is 7. The molecule has 1 aliphatic carbocycles. The summed E-state index contributed by atoms with van der Waals surface area (Å²) in [7, 11) is 0. The molecule has 0 spiro atoms. The number of piperidine rings is 1. The quantitative estimate of drug-likeness (QED) is 0.739. The number of ether oxygens (including phenoxy) is 1. The molecule has 3 rings (SSSR count). The smallest absolute Gasteiger partial charge is 0.263 e. The zero-order valence-electron chi connectivity index (χ0n) is 15.5. The van der Waals surface area contributed by atoms with Crippen molar-refractivity contribution in [3.63, 3.8) is 0 Å². The SMILES string of the molecule is O=C(NCCCOC1CCCCC1)C1CCN(C(=O)c2cccs2)CC1. The maximum absolute atomic E-state index is 12.3. The molecule has 1 saturated heterocycles. The van der Waals surface area contributed by atoms with E-state index < -0.39 is 0 Å². The van der Waals surface area contributed by atoms with E-state index in [1.165, 1.54) is 43.4 Å². The summed E-state index contributed by atoms with van der Waals surface area (Å²) in [6.07, 6.45) is 9.10. The van der Waals surface area contributed by atoms with Gasteiger partial charge in [0.15, 0.2) is 0 Å². The molecule has 6 heteroatoms. The molecule has 5 nitrogen and oxygen atoms in total. The number of likely N-dealkylation sites (tertiary alicyclic amines) is 1. The van der Waals surface area contributed by atoms with Crippen molar-refractivity contribution in [2.45, 2.75) is 57.5 Å². The lowest BCUT2D eigenvalue weighted by atomic mass is 9.95. The fourth-order valence-electron chi connectivity index (χ4n) is 3.81. The Balaban J connectivity index is 1.28. The molecule has 1 saturated carbocycles. The molecule has 2 heterocycles. The van der Waals surface area contributed by atoms with Gasteiger partial charge in [-0.2, -0.15) is 0 Å². The molecule has 0 aromatic carbocycles. The van der Waals surface area contributed by atoms with E-state index in [0.29, 0.717) is 25.7 Å². The summed E-state index contributed by atoms with van der Waals surface area (Å²) in [5.74, 6) is 0.256. The zero-order valence-corrected chi connectivity index (χ0v) is 16.3. The standard InChI is InChI=1S/C20H30N2O3S/c23-19(21-11-5-14-25-17-6-2-1-3-7-17)16-9-12-22(13-10-16)20(24)18-8-4-15-26-18/h4,8,15-17H,1-3,5-7,9-14H2,(H,21,23). The fourth-order valence-corrected chi connectivity index (χ4v) is 4.50.